The van der Waals surface area contributed by atoms with Crippen molar-refractivity contribution in [3.05, 3.63) is 52.2 Å². The molecule has 0 spiro atoms. The van der Waals surface area contributed by atoms with Crippen LogP contribution in [0.15, 0.2) is 27.7 Å². The fourth-order valence-corrected chi connectivity index (χ4v) is 3.97. The molecule has 1 unspecified atom stereocenters. The molecule has 2 rings (SSSR count). The molecule has 1 atom stereocenters. The third kappa shape index (κ3) is 6.05. The SMILES string of the molecule is CN=C(NCc1cc(F)ccc1CS(C)(=O)=O)NCC(C)c1c(C)noc1C. The van der Waals surface area contributed by atoms with Gasteiger partial charge >= 0.3 is 0 Å². The highest BCUT2D eigenvalue weighted by molar-refractivity contribution is 7.89. The van der Waals surface area contributed by atoms with Crippen molar-refractivity contribution >= 4 is 15.8 Å². The van der Waals surface area contributed by atoms with E-state index in [0.717, 1.165) is 23.3 Å². The average Bonchev–Trinajstić information content (AvgIpc) is 2.94. The van der Waals surface area contributed by atoms with Crippen molar-refractivity contribution in [1.29, 1.82) is 0 Å². The molecule has 0 fully saturated rings. The largest absolute Gasteiger partial charge is 0.361 e. The van der Waals surface area contributed by atoms with Crippen molar-refractivity contribution in [2.45, 2.75) is 39.0 Å². The lowest BCUT2D eigenvalue weighted by atomic mass is 10.00. The maximum absolute atomic E-state index is 13.6. The van der Waals surface area contributed by atoms with Gasteiger partial charge in [-0.2, -0.15) is 0 Å². The van der Waals surface area contributed by atoms with E-state index in [1.54, 1.807) is 7.05 Å². The molecule has 0 saturated heterocycles. The zero-order valence-corrected chi connectivity index (χ0v) is 17.7. The number of sulfone groups is 1. The number of benzene rings is 1. The van der Waals surface area contributed by atoms with Gasteiger partial charge in [0.2, 0.25) is 0 Å². The third-order valence-corrected chi connectivity index (χ3v) is 5.25. The second-order valence-electron chi connectivity index (χ2n) is 6.93. The summed E-state index contributed by atoms with van der Waals surface area (Å²) in [6, 6.07) is 4.11. The summed E-state index contributed by atoms with van der Waals surface area (Å²) in [6.45, 7) is 6.70. The van der Waals surface area contributed by atoms with Crippen LogP contribution in [0.3, 0.4) is 0 Å². The highest BCUT2D eigenvalue weighted by atomic mass is 32.2. The van der Waals surface area contributed by atoms with Crippen molar-refractivity contribution in [2.24, 2.45) is 4.99 Å². The Morgan fingerprint density at radius 2 is 2.00 bits per heavy atom. The van der Waals surface area contributed by atoms with Crippen LogP contribution in [-0.2, 0) is 22.1 Å². The van der Waals surface area contributed by atoms with Crippen LogP contribution < -0.4 is 10.6 Å². The summed E-state index contributed by atoms with van der Waals surface area (Å²) in [6.07, 6.45) is 1.16. The summed E-state index contributed by atoms with van der Waals surface area (Å²) >= 11 is 0. The zero-order valence-electron chi connectivity index (χ0n) is 16.8. The first-order valence-corrected chi connectivity index (χ1v) is 11.0. The second-order valence-corrected chi connectivity index (χ2v) is 9.07. The van der Waals surface area contributed by atoms with Crippen LogP contribution in [0.4, 0.5) is 4.39 Å². The molecule has 2 N–H and O–H groups in total. The molecular weight excluding hydrogens is 383 g/mol. The van der Waals surface area contributed by atoms with Gasteiger partial charge in [0.1, 0.15) is 11.6 Å². The number of hydrogen-bond donors (Lipinski definition) is 2. The van der Waals surface area contributed by atoms with Gasteiger partial charge in [-0.05, 0) is 37.1 Å². The summed E-state index contributed by atoms with van der Waals surface area (Å²) in [5.74, 6) is 0.927. The molecule has 7 nitrogen and oxygen atoms in total. The Morgan fingerprint density at radius 1 is 1.29 bits per heavy atom. The van der Waals surface area contributed by atoms with Crippen molar-refractivity contribution < 1.29 is 17.3 Å². The minimum Gasteiger partial charge on any atom is -0.361 e. The van der Waals surface area contributed by atoms with Gasteiger partial charge in [-0.15, -0.1) is 0 Å². The van der Waals surface area contributed by atoms with E-state index in [4.69, 9.17) is 4.52 Å². The Kier molecular flexibility index (Phi) is 7.17. The lowest BCUT2D eigenvalue weighted by Crippen LogP contribution is -2.39. The molecule has 1 aromatic carbocycles. The third-order valence-electron chi connectivity index (χ3n) is 4.41. The number of rotatable bonds is 7. The van der Waals surface area contributed by atoms with Gasteiger partial charge in [-0.3, -0.25) is 4.99 Å². The molecule has 9 heteroatoms. The summed E-state index contributed by atoms with van der Waals surface area (Å²) in [5, 5.41) is 10.3. The Hall–Kier alpha value is -2.42. The topological polar surface area (TPSA) is 96.6 Å². The first kappa shape index (κ1) is 21.9. The first-order chi connectivity index (χ1) is 13.1. The quantitative estimate of drug-likeness (QED) is 0.538. The van der Waals surface area contributed by atoms with Gasteiger partial charge in [0.15, 0.2) is 15.8 Å². The fraction of sp³-hybridized carbons (Fsp3) is 0.474. The van der Waals surface area contributed by atoms with Crippen molar-refractivity contribution in [2.75, 3.05) is 19.8 Å². The minimum absolute atomic E-state index is 0.139. The van der Waals surface area contributed by atoms with E-state index in [2.05, 4.69) is 27.7 Å². The number of nitrogens with one attached hydrogen (secondary N) is 2. The van der Waals surface area contributed by atoms with E-state index in [-0.39, 0.29) is 18.2 Å². The summed E-state index contributed by atoms with van der Waals surface area (Å²) in [4.78, 5) is 4.17. The van der Waals surface area contributed by atoms with Crippen LogP contribution in [0.2, 0.25) is 0 Å². The Labute approximate surface area is 165 Å². The summed E-state index contributed by atoms with van der Waals surface area (Å²) in [5.41, 5.74) is 3.06. The highest BCUT2D eigenvalue weighted by Crippen LogP contribution is 2.22. The molecule has 2 aromatic rings. The molecule has 1 heterocycles. The van der Waals surface area contributed by atoms with E-state index in [1.165, 1.54) is 18.2 Å². The van der Waals surface area contributed by atoms with Crippen molar-refractivity contribution in [1.82, 2.24) is 15.8 Å². The number of nitrogens with zero attached hydrogens (tertiary/aromatic N) is 2. The van der Waals surface area contributed by atoms with Gasteiger partial charge < -0.3 is 15.2 Å². The van der Waals surface area contributed by atoms with Crippen LogP contribution >= 0.6 is 0 Å². The number of guanidine groups is 1. The number of halogens is 1. The predicted molar refractivity (Wildman–Crippen MR) is 108 cm³/mol. The molecule has 0 aliphatic carbocycles. The van der Waals surface area contributed by atoms with E-state index < -0.39 is 15.7 Å². The van der Waals surface area contributed by atoms with Crippen LogP contribution in [0.25, 0.3) is 0 Å². The number of hydrogen-bond acceptors (Lipinski definition) is 5. The van der Waals surface area contributed by atoms with Gasteiger partial charge in [-0.25, -0.2) is 12.8 Å². The summed E-state index contributed by atoms with van der Waals surface area (Å²) < 4.78 is 42.1. The van der Waals surface area contributed by atoms with Crippen molar-refractivity contribution in [3.8, 4) is 0 Å². The number of aromatic nitrogens is 1. The first-order valence-electron chi connectivity index (χ1n) is 8.93. The molecule has 0 amide bonds. The van der Waals surface area contributed by atoms with Crippen LogP contribution in [0.5, 0.6) is 0 Å². The summed E-state index contributed by atoms with van der Waals surface area (Å²) in [7, 11) is -1.58. The smallest absolute Gasteiger partial charge is 0.191 e. The van der Waals surface area contributed by atoms with Crippen LogP contribution in [0, 0.1) is 19.7 Å². The van der Waals surface area contributed by atoms with Crippen molar-refractivity contribution in [3.63, 3.8) is 0 Å². The maximum atomic E-state index is 13.6. The lowest BCUT2D eigenvalue weighted by molar-refractivity contribution is 0.391. The normalized spacial score (nSPS) is 13.4. The van der Waals surface area contributed by atoms with Gasteiger partial charge in [0.05, 0.1) is 11.4 Å². The molecule has 154 valence electrons. The molecule has 28 heavy (non-hydrogen) atoms. The Bertz CT molecular complexity index is 935. The maximum Gasteiger partial charge on any atom is 0.191 e. The number of aliphatic imine (C=N–C) groups is 1. The fourth-order valence-electron chi connectivity index (χ4n) is 3.13. The average molecular weight is 411 g/mol. The lowest BCUT2D eigenvalue weighted by Gasteiger charge is -2.17. The second kappa shape index (κ2) is 9.18. The molecule has 0 aliphatic rings. The highest BCUT2D eigenvalue weighted by Gasteiger charge is 2.17. The standard InChI is InChI=1S/C19H27FN4O3S/c1-12(18-13(2)24-27-14(18)3)9-22-19(21-4)23-10-16-8-17(20)7-6-15(16)11-28(5,25)26/h6-8,12H,9-11H2,1-5H3,(H2,21,22,23). The molecular formula is C19H27FN4O3S. The van der Waals surface area contributed by atoms with Crippen LogP contribution in [0.1, 0.15) is 41.0 Å². The van der Waals surface area contributed by atoms with E-state index >= 15 is 0 Å². The Balaban J connectivity index is 2.02. The minimum atomic E-state index is -3.22. The molecule has 0 aliphatic heterocycles. The van der Waals surface area contributed by atoms with E-state index in [9.17, 15) is 12.8 Å². The molecule has 0 radical (unpaired) electrons. The molecule has 0 bridgehead atoms. The monoisotopic (exact) mass is 410 g/mol. The van der Waals surface area contributed by atoms with Crippen LogP contribution in [-0.4, -0.2) is 39.4 Å². The zero-order chi connectivity index (χ0) is 20.9. The van der Waals surface area contributed by atoms with Gasteiger partial charge in [0, 0.05) is 37.9 Å². The van der Waals surface area contributed by atoms with E-state index in [1.807, 2.05) is 13.8 Å². The number of aryl methyl sites for hydroxylation is 2. The molecule has 1 aromatic heterocycles. The Morgan fingerprint density at radius 3 is 2.57 bits per heavy atom. The van der Waals surface area contributed by atoms with E-state index in [0.29, 0.717) is 23.6 Å². The van der Waals surface area contributed by atoms with Gasteiger partial charge in [-0.1, -0.05) is 18.1 Å². The van der Waals surface area contributed by atoms with Gasteiger partial charge in [0.25, 0.3) is 0 Å². The predicted octanol–water partition coefficient (Wildman–Crippen LogP) is 2.44. The molecule has 0 saturated carbocycles.